The van der Waals surface area contributed by atoms with Crippen molar-refractivity contribution in [3.8, 4) is 0 Å². The Hall–Kier alpha value is -0.160. The average molecular weight is 229 g/mol. The highest BCUT2D eigenvalue weighted by molar-refractivity contribution is 4.72. The summed E-state index contributed by atoms with van der Waals surface area (Å²) >= 11 is 0. The molecule has 0 amide bonds. The Labute approximate surface area is 99.9 Å². The van der Waals surface area contributed by atoms with Crippen molar-refractivity contribution < 1.29 is 4.74 Å². The molecule has 1 N–H and O–H groups in total. The first-order chi connectivity index (χ1) is 7.70. The minimum absolute atomic E-state index is 0.726. The van der Waals surface area contributed by atoms with E-state index < -0.39 is 0 Å². The van der Waals surface area contributed by atoms with Gasteiger partial charge in [-0.3, -0.25) is 0 Å². The monoisotopic (exact) mass is 229 g/mol. The van der Waals surface area contributed by atoms with Crippen molar-refractivity contribution in [1.29, 1.82) is 0 Å². The molecular weight excluding hydrogens is 202 g/mol. The Morgan fingerprint density at radius 1 is 1.06 bits per heavy atom. The zero-order chi connectivity index (χ0) is 11.8. The molecule has 4 heteroatoms. The molecule has 1 aliphatic heterocycles. The molecule has 1 rings (SSSR count). The van der Waals surface area contributed by atoms with Crippen LogP contribution < -0.4 is 5.32 Å². The summed E-state index contributed by atoms with van der Waals surface area (Å²) in [5.74, 6) is 0. The van der Waals surface area contributed by atoms with E-state index in [1.165, 1.54) is 12.8 Å². The van der Waals surface area contributed by atoms with Crippen LogP contribution in [0.3, 0.4) is 0 Å². The quantitative estimate of drug-likeness (QED) is 0.633. The summed E-state index contributed by atoms with van der Waals surface area (Å²) in [5.41, 5.74) is 0. The Morgan fingerprint density at radius 3 is 2.31 bits per heavy atom. The molecule has 0 atom stereocenters. The molecule has 1 saturated heterocycles. The van der Waals surface area contributed by atoms with Crippen molar-refractivity contribution in [1.82, 2.24) is 15.1 Å². The van der Waals surface area contributed by atoms with E-state index in [9.17, 15) is 0 Å². The highest BCUT2D eigenvalue weighted by Crippen LogP contribution is 2.11. The van der Waals surface area contributed by atoms with E-state index in [1.807, 2.05) is 0 Å². The van der Waals surface area contributed by atoms with Crippen molar-refractivity contribution in [2.24, 2.45) is 0 Å². The van der Waals surface area contributed by atoms with Crippen LogP contribution in [0.5, 0.6) is 0 Å². The van der Waals surface area contributed by atoms with Gasteiger partial charge in [0.05, 0.1) is 0 Å². The molecule has 0 spiro atoms. The molecule has 16 heavy (non-hydrogen) atoms. The average Bonchev–Trinajstić information content (AvgIpc) is 2.29. The largest absolute Gasteiger partial charge is 0.381 e. The fraction of sp³-hybridized carbons (Fsp3) is 1.00. The predicted molar refractivity (Wildman–Crippen MR) is 67.9 cm³/mol. The van der Waals surface area contributed by atoms with Gasteiger partial charge in [0.15, 0.2) is 0 Å². The normalized spacial score (nSPS) is 18.6. The molecule has 1 fully saturated rings. The first-order valence-electron chi connectivity index (χ1n) is 6.33. The lowest BCUT2D eigenvalue weighted by Gasteiger charge is -2.31. The van der Waals surface area contributed by atoms with Crippen LogP contribution in [-0.2, 0) is 4.74 Å². The van der Waals surface area contributed by atoms with E-state index in [2.05, 4.69) is 36.3 Å². The fourth-order valence-electron chi connectivity index (χ4n) is 1.99. The van der Waals surface area contributed by atoms with Gasteiger partial charge in [-0.25, -0.2) is 0 Å². The topological polar surface area (TPSA) is 27.7 Å². The molecule has 0 unspecified atom stereocenters. The molecule has 1 heterocycles. The Balaban J connectivity index is 1.98. The summed E-state index contributed by atoms with van der Waals surface area (Å²) in [6.07, 6.45) is 2.38. The smallest absolute Gasteiger partial charge is 0.0480 e. The van der Waals surface area contributed by atoms with Crippen LogP contribution in [0.25, 0.3) is 0 Å². The molecule has 0 aromatic carbocycles. The lowest BCUT2D eigenvalue weighted by atomic mass is 10.1. The van der Waals surface area contributed by atoms with Gasteiger partial charge >= 0.3 is 0 Å². The summed E-state index contributed by atoms with van der Waals surface area (Å²) in [7, 11) is 6.44. The van der Waals surface area contributed by atoms with E-state index in [4.69, 9.17) is 4.74 Å². The highest BCUT2D eigenvalue weighted by atomic mass is 16.5. The Bertz CT molecular complexity index is 170. The molecule has 0 bridgehead atoms. The summed E-state index contributed by atoms with van der Waals surface area (Å²) in [4.78, 5) is 4.67. The second-order valence-electron chi connectivity index (χ2n) is 4.88. The number of hydrogen-bond donors (Lipinski definition) is 1. The van der Waals surface area contributed by atoms with E-state index in [1.54, 1.807) is 0 Å². The molecule has 1 aliphatic rings. The third-order valence-corrected chi connectivity index (χ3v) is 3.19. The van der Waals surface area contributed by atoms with Gasteiger partial charge in [0, 0.05) is 45.4 Å². The first-order valence-corrected chi connectivity index (χ1v) is 6.33. The lowest BCUT2D eigenvalue weighted by Crippen LogP contribution is -2.41. The molecule has 96 valence electrons. The zero-order valence-corrected chi connectivity index (χ0v) is 11.0. The third-order valence-electron chi connectivity index (χ3n) is 3.19. The van der Waals surface area contributed by atoms with Crippen LogP contribution >= 0.6 is 0 Å². The van der Waals surface area contributed by atoms with Gasteiger partial charge in [-0.2, -0.15) is 0 Å². The zero-order valence-electron chi connectivity index (χ0n) is 11.0. The maximum absolute atomic E-state index is 5.37. The van der Waals surface area contributed by atoms with E-state index >= 15 is 0 Å². The van der Waals surface area contributed by atoms with Crippen molar-refractivity contribution in [2.75, 3.05) is 60.5 Å². The van der Waals surface area contributed by atoms with Gasteiger partial charge in [-0.05, 0) is 34.0 Å². The molecule has 0 aromatic rings. The summed E-state index contributed by atoms with van der Waals surface area (Å²) in [6, 6.07) is 0.726. The number of likely N-dealkylation sites (N-methyl/N-ethyl adjacent to an activating group) is 2. The predicted octanol–water partition coefficient (Wildman–Crippen LogP) is 0.248. The number of nitrogens with one attached hydrogen (secondary N) is 1. The van der Waals surface area contributed by atoms with Gasteiger partial charge in [0.2, 0.25) is 0 Å². The minimum Gasteiger partial charge on any atom is -0.381 e. The van der Waals surface area contributed by atoms with Crippen LogP contribution in [0.15, 0.2) is 0 Å². The summed E-state index contributed by atoms with van der Waals surface area (Å²) in [6.45, 7) is 6.28. The van der Waals surface area contributed by atoms with Crippen LogP contribution in [0.1, 0.15) is 12.8 Å². The van der Waals surface area contributed by atoms with Crippen LogP contribution in [-0.4, -0.2) is 76.4 Å². The highest BCUT2D eigenvalue weighted by Gasteiger charge is 2.17. The van der Waals surface area contributed by atoms with Crippen molar-refractivity contribution in [2.45, 2.75) is 18.9 Å². The van der Waals surface area contributed by atoms with Crippen molar-refractivity contribution >= 4 is 0 Å². The van der Waals surface area contributed by atoms with Crippen molar-refractivity contribution in [3.05, 3.63) is 0 Å². The number of nitrogens with zero attached hydrogens (tertiary/aromatic N) is 2. The SMILES string of the molecule is CN(C)CCNCCN(C)C1CCOCC1. The van der Waals surface area contributed by atoms with Gasteiger partial charge < -0.3 is 19.9 Å². The minimum atomic E-state index is 0.726. The Morgan fingerprint density at radius 2 is 1.69 bits per heavy atom. The Kier molecular flexibility index (Phi) is 6.96. The summed E-state index contributed by atoms with van der Waals surface area (Å²) in [5, 5.41) is 3.47. The molecule has 0 saturated carbocycles. The number of ether oxygens (including phenoxy) is 1. The van der Waals surface area contributed by atoms with Crippen LogP contribution in [0.2, 0.25) is 0 Å². The van der Waals surface area contributed by atoms with Gasteiger partial charge in [0.1, 0.15) is 0 Å². The lowest BCUT2D eigenvalue weighted by molar-refractivity contribution is 0.0434. The maximum atomic E-state index is 5.37. The second kappa shape index (κ2) is 8.01. The second-order valence-corrected chi connectivity index (χ2v) is 4.88. The fourth-order valence-corrected chi connectivity index (χ4v) is 1.99. The molecule has 0 aromatic heterocycles. The first kappa shape index (κ1) is 13.9. The summed E-state index contributed by atoms with van der Waals surface area (Å²) < 4.78 is 5.37. The van der Waals surface area contributed by atoms with Crippen molar-refractivity contribution in [3.63, 3.8) is 0 Å². The number of rotatable bonds is 7. The van der Waals surface area contributed by atoms with Crippen LogP contribution in [0.4, 0.5) is 0 Å². The number of hydrogen-bond acceptors (Lipinski definition) is 4. The molecule has 0 radical (unpaired) electrons. The van der Waals surface area contributed by atoms with Gasteiger partial charge in [-0.15, -0.1) is 0 Å². The van der Waals surface area contributed by atoms with Gasteiger partial charge in [0.25, 0.3) is 0 Å². The molecule has 4 nitrogen and oxygen atoms in total. The van der Waals surface area contributed by atoms with Gasteiger partial charge in [-0.1, -0.05) is 0 Å². The molecule has 0 aliphatic carbocycles. The van der Waals surface area contributed by atoms with Crippen LogP contribution in [0, 0.1) is 0 Å². The van der Waals surface area contributed by atoms with E-state index in [0.717, 1.165) is 45.4 Å². The third kappa shape index (κ3) is 5.80. The standard InChI is InChI=1S/C12H27N3O/c1-14(2)8-6-13-7-9-15(3)12-4-10-16-11-5-12/h12-13H,4-11H2,1-3H3. The molecular formula is C12H27N3O. The van der Waals surface area contributed by atoms with E-state index in [-0.39, 0.29) is 0 Å². The van der Waals surface area contributed by atoms with E-state index in [0.29, 0.717) is 0 Å². The maximum Gasteiger partial charge on any atom is 0.0480 e.